The first kappa shape index (κ1) is 18.8. The molecule has 140 valence electrons. The average molecular weight is 388 g/mol. The Hall–Kier alpha value is -2.93. The van der Waals surface area contributed by atoms with Gasteiger partial charge in [0.05, 0.1) is 4.92 Å². The van der Waals surface area contributed by atoms with E-state index in [9.17, 15) is 19.7 Å². The molecule has 3 rings (SSSR count). The van der Waals surface area contributed by atoms with Crippen LogP contribution < -0.4 is 4.90 Å². The number of nitrogens with zero attached hydrogens (tertiary/aromatic N) is 3. The molecule has 0 bridgehead atoms. The quantitative estimate of drug-likeness (QED) is 0.596. The molecule has 2 aromatic rings. The fourth-order valence-corrected chi connectivity index (χ4v) is 3.34. The van der Waals surface area contributed by atoms with Gasteiger partial charge >= 0.3 is 0 Å². The van der Waals surface area contributed by atoms with E-state index >= 15 is 0 Å². The van der Waals surface area contributed by atoms with Crippen molar-refractivity contribution in [3.63, 3.8) is 0 Å². The van der Waals surface area contributed by atoms with Crippen LogP contribution in [0.25, 0.3) is 0 Å². The predicted octanol–water partition coefficient (Wildman–Crippen LogP) is 3.43. The van der Waals surface area contributed by atoms with E-state index < -0.39 is 11.0 Å². The zero-order valence-corrected chi connectivity index (χ0v) is 15.6. The van der Waals surface area contributed by atoms with E-state index in [0.29, 0.717) is 23.7 Å². The molecule has 0 spiro atoms. The summed E-state index contributed by atoms with van der Waals surface area (Å²) in [6, 6.07) is 10.1. The standard InChI is InChI=1S/C19H18ClN3O4/c1-12-16(20)4-3-5-17(12)22-11-10-21(13(2)18(22)24)19(25)14-6-8-15(9-7-14)23(26)27/h3-9,13H,10-11H2,1-2H3/t13-/m1/s1. The van der Waals surface area contributed by atoms with Gasteiger partial charge in [0.2, 0.25) is 5.91 Å². The number of amides is 2. The summed E-state index contributed by atoms with van der Waals surface area (Å²) in [5.74, 6) is -0.518. The fourth-order valence-electron chi connectivity index (χ4n) is 3.17. The Morgan fingerprint density at radius 3 is 2.48 bits per heavy atom. The predicted molar refractivity (Wildman–Crippen MR) is 102 cm³/mol. The van der Waals surface area contributed by atoms with Gasteiger partial charge in [-0.1, -0.05) is 17.7 Å². The smallest absolute Gasteiger partial charge is 0.269 e. The van der Waals surface area contributed by atoms with Crippen molar-refractivity contribution in [2.45, 2.75) is 19.9 Å². The molecule has 2 aromatic carbocycles. The molecular formula is C19H18ClN3O4. The van der Waals surface area contributed by atoms with Crippen LogP contribution in [0.15, 0.2) is 42.5 Å². The summed E-state index contributed by atoms with van der Waals surface area (Å²) in [6.45, 7) is 4.24. The maximum absolute atomic E-state index is 12.9. The van der Waals surface area contributed by atoms with Crippen LogP contribution in [0.3, 0.4) is 0 Å². The third kappa shape index (κ3) is 3.50. The largest absolute Gasteiger partial charge is 0.325 e. The molecule has 0 saturated carbocycles. The molecule has 1 aliphatic heterocycles. The Morgan fingerprint density at radius 1 is 1.19 bits per heavy atom. The minimum atomic E-state index is -0.653. The lowest BCUT2D eigenvalue weighted by Gasteiger charge is -2.39. The Morgan fingerprint density at radius 2 is 1.85 bits per heavy atom. The number of carbonyl (C=O) groups is 2. The first-order valence-electron chi connectivity index (χ1n) is 8.43. The van der Waals surface area contributed by atoms with Crippen LogP contribution in [0.5, 0.6) is 0 Å². The second-order valence-corrected chi connectivity index (χ2v) is 6.76. The van der Waals surface area contributed by atoms with Crippen LogP contribution >= 0.6 is 11.6 Å². The van der Waals surface area contributed by atoms with Crippen LogP contribution in [0.4, 0.5) is 11.4 Å². The summed E-state index contributed by atoms with van der Waals surface area (Å²) in [4.78, 5) is 39.0. The van der Waals surface area contributed by atoms with Crippen molar-refractivity contribution in [3.05, 3.63) is 68.7 Å². The van der Waals surface area contributed by atoms with Gasteiger partial charge in [0.25, 0.3) is 11.6 Å². The van der Waals surface area contributed by atoms with E-state index in [0.717, 1.165) is 11.3 Å². The molecule has 7 nitrogen and oxygen atoms in total. The topological polar surface area (TPSA) is 83.8 Å². The highest BCUT2D eigenvalue weighted by atomic mass is 35.5. The van der Waals surface area contributed by atoms with Crippen molar-refractivity contribution >= 4 is 34.8 Å². The van der Waals surface area contributed by atoms with Gasteiger partial charge in [-0.2, -0.15) is 0 Å². The molecule has 0 unspecified atom stereocenters. The zero-order chi connectivity index (χ0) is 19.7. The third-order valence-electron chi connectivity index (χ3n) is 4.77. The monoisotopic (exact) mass is 387 g/mol. The van der Waals surface area contributed by atoms with Crippen molar-refractivity contribution < 1.29 is 14.5 Å². The lowest BCUT2D eigenvalue weighted by Crippen LogP contribution is -2.57. The number of carbonyl (C=O) groups excluding carboxylic acids is 2. The van der Waals surface area contributed by atoms with Crippen molar-refractivity contribution in [2.24, 2.45) is 0 Å². The average Bonchev–Trinajstić information content (AvgIpc) is 2.66. The first-order valence-corrected chi connectivity index (χ1v) is 8.81. The van der Waals surface area contributed by atoms with Gasteiger partial charge in [-0.15, -0.1) is 0 Å². The minimum absolute atomic E-state index is 0.0862. The molecule has 0 aromatic heterocycles. The highest BCUT2D eigenvalue weighted by Gasteiger charge is 2.36. The lowest BCUT2D eigenvalue weighted by atomic mass is 10.1. The van der Waals surface area contributed by atoms with Gasteiger partial charge in [-0.05, 0) is 43.7 Å². The zero-order valence-electron chi connectivity index (χ0n) is 14.9. The number of nitro benzene ring substituents is 1. The van der Waals surface area contributed by atoms with Crippen molar-refractivity contribution in [1.82, 2.24) is 4.90 Å². The Bertz CT molecular complexity index is 914. The molecule has 1 fully saturated rings. The number of anilines is 1. The first-order chi connectivity index (χ1) is 12.8. The SMILES string of the molecule is Cc1c(Cl)cccc1N1CCN(C(=O)c2ccc([N+](=O)[O-])cc2)[C@H](C)C1=O. The molecule has 0 N–H and O–H groups in total. The second kappa shape index (κ2) is 7.36. The number of hydrogen-bond donors (Lipinski definition) is 0. The maximum atomic E-state index is 12.9. The van der Waals surface area contributed by atoms with Gasteiger partial charge in [0, 0.05) is 41.5 Å². The van der Waals surface area contributed by atoms with Gasteiger partial charge in [0.1, 0.15) is 6.04 Å². The van der Waals surface area contributed by atoms with Crippen LogP contribution in [-0.2, 0) is 4.79 Å². The van der Waals surface area contributed by atoms with Gasteiger partial charge < -0.3 is 9.80 Å². The molecule has 1 saturated heterocycles. The minimum Gasteiger partial charge on any atom is -0.325 e. The number of piperazine rings is 1. The van der Waals surface area contributed by atoms with Crippen molar-refractivity contribution in [1.29, 1.82) is 0 Å². The molecular weight excluding hydrogens is 370 g/mol. The Kier molecular flexibility index (Phi) is 5.14. The van der Waals surface area contributed by atoms with Crippen molar-refractivity contribution in [3.8, 4) is 0 Å². The summed E-state index contributed by atoms with van der Waals surface area (Å²) < 4.78 is 0. The van der Waals surface area contributed by atoms with Gasteiger partial charge in [-0.25, -0.2) is 0 Å². The Labute approximate surface area is 161 Å². The number of halogens is 1. The van der Waals surface area contributed by atoms with Crippen LogP contribution in [0, 0.1) is 17.0 Å². The van der Waals surface area contributed by atoms with Gasteiger partial charge in [0.15, 0.2) is 0 Å². The molecule has 27 heavy (non-hydrogen) atoms. The van der Waals surface area contributed by atoms with E-state index in [2.05, 4.69) is 0 Å². The number of hydrogen-bond acceptors (Lipinski definition) is 4. The lowest BCUT2D eigenvalue weighted by molar-refractivity contribution is -0.384. The van der Waals surface area contributed by atoms with Crippen LogP contribution in [0.1, 0.15) is 22.8 Å². The number of non-ortho nitro benzene ring substituents is 1. The van der Waals surface area contributed by atoms with E-state index in [1.807, 2.05) is 13.0 Å². The van der Waals surface area contributed by atoms with Crippen LogP contribution in [-0.4, -0.2) is 40.8 Å². The highest BCUT2D eigenvalue weighted by Crippen LogP contribution is 2.29. The second-order valence-electron chi connectivity index (χ2n) is 6.35. The van der Waals surface area contributed by atoms with E-state index in [1.165, 1.54) is 29.2 Å². The van der Waals surface area contributed by atoms with E-state index in [-0.39, 0.29) is 17.5 Å². The molecule has 0 radical (unpaired) electrons. The highest BCUT2D eigenvalue weighted by molar-refractivity contribution is 6.31. The number of rotatable bonds is 3. The Balaban J connectivity index is 1.81. The summed E-state index contributed by atoms with van der Waals surface area (Å²) in [5, 5.41) is 11.3. The van der Waals surface area contributed by atoms with Crippen LogP contribution in [0.2, 0.25) is 5.02 Å². The van der Waals surface area contributed by atoms with E-state index in [4.69, 9.17) is 11.6 Å². The molecule has 1 heterocycles. The fraction of sp³-hybridized carbons (Fsp3) is 0.263. The van der Waals surface area contributed by atoms with Gasteiger partial charge in [-0.3, -0.25) is 19.7 Å². The normalized spacial score (nSPS) is 17.1. The summed E-state index contributed by atoms with van der Waals surface area (Å²) >= 11 is 6.16. The molecule has 8 heteroatoms. The molecule has 1 atom stereocenters. The number of benzene rings is 2. The number of nitro groups is 1. The van der Waals surface area contributed by atoms with Crippen molar-refractivity contribution in [2.75, 3.05) is 18.0 Å². The third-order valence-corrected chi connectivity index (χ3v) is 5.18. The van der Waals surface area contributed by atoms with E-state index in [1.54, 1.807) is 24.0 Å². The maximum Gasteiger partial charge on any atom is 0.269 e. The molecule has 1 aliphatic rings. The summed E-state index contributed by atoms with van der Waals surface area (Å²) in [7, 11) is 0. The molecule has 2 amide bonds. The summed E-state index contributed by atoms with van der Waals surface area (Å²) in [5.41, 5.74) is 1.78. The summed E-state index contributed by atoms with van der Waals surface area (Å²) in [6.07, 6.45) is 0. The molecule has 0 aliphatic carbocycles.